The highest BCUT2D eigenvalue weighted by Gasteiger charge is 2.09. The van der Waals surface area contributed by atoms with E-state index >= 15 is 0 Å². The molecule has 118 valence electrons. The number of hydrogen-bond donors (Lipinski definition) is 2. The first-order chi connectivity index (χ1) is 11.1. The predicted molar refractivity (Wildman–Crippen MR) is 92.4 cm³/mol. The van der Waals surface area contributed by atoms with E-state index in [1.54, 1.807) is 6.20 Å². The zero-order valence-electron chi connectivity index (χ0n) is 13.3. The highest BCUT2D eigenvalue weighted by Crippen LogP contribution is 2.21. The lowest BCUT2D eigenvalue weighted by Gasteiger charge is -2.10. The molecule has 23 heavy (non-hydrogen) atoms. The molecule has 1 aromatic carbocycles. The van der Waals surface area contributed by atoms with Crippen LogP contribution in [0, 0.1) is 6.92 Å². The van der Waals surface area contributed by atoms with E-state index in [0.717, 1.165) is 23.4 Å². The second-order valence-corrected chi connectivity index (χ2v) is 5.58. The number of imidazole rings is 1. The van der Waals surface area contributed by atoms with Gasteiger partial charge in [0.1, 0.15) is 0 Å². The van der Waals surface area contributed by atoms with Gasteiger partial charge in [-0.1, -0.05) is 31.2 Å². The number of benzene rings is 1. The van der Waals surface area contributed by atoms with Crippen LogP contribution in [0.5, 0.6) is 0 Å². The van der Waals surface area contributed by atoms with Crippen molar-refractivity contribution in [3.8, 4) is 11.1 Å². The van der Waals surface area contributed by atoms with Crippen LogP contribution in [0.4, 0.5) is 5.95 Å². The maximum Gasteiger partial charge on any atom is 0.256 e. The van der Waals surface area contributed by atoms with Crippen LogP contribution in [0.15, 0.2) is 47.4 Å². The van der Waals surface area contributed by atoms with Gasteiger partial charge in [-0.05, 0) is 36.6 Å². The van der Waals surface area contributed by atoms with E-state index < -0.39 is 0 Å². The van der Waals surface area contributed by atoms with Crippen molar-refractivity contribution in [2.24, 2.45) is 0 Å². The molecule has 0 saturated heterocycles. The van der Waals surface area contributed by atoms with Gasteiger partial charge in [-0.15, -0.1) is 0 Å². The Kier molecular flexibility index (Phi) is 4.02. The summed E-state index contributed by atoms with van der Waals surface area (Å²) in [7, 11) is 0. The van der Waals surface area contributed by atoms with Crippen molar-refractivity contribution in [1.82, 2.24) is 14.5 Å². The molecule has 3 N–H and O–H groups in total. The largest absolute Gasteiger partial charge is 0.369 e. The summed E-state index contributed by atoms with van der Waals surface area (Å²) < 4.78 is 1.87. The lowest BCUT2D eigenvalue weighted by molar-refractivity contribution is 0.758. The van der Waals surface area contributed by atoms with Gasteiger partial charge < -0.3 is 15.3 Å². The summed E-state index contributed by atoms with van der Waals surface area (Å²) in [5.41, 5.74) is 10.4. The number of aromatic nitrogens is 3. The molecule has 3 aromatic rings. The number of H-pyrrole nitrogens is 1. The maximum absolute atomic E-state index is 12.5. The van der Waals surface area contributed by atoms with Crippen molar-refractivity contribution in [2.75, 3.05) is 5.73 Å². The molecule has 0 bridgehead atoms. The molecule has 5 nitrogen and oxygen atoms in total. The number of pyridine rings is 1. The summed E-state index contributed by atoms with van der Waals surface area (Å²) >= 11 is 0. The molecule has 3 rings (SSSR count). The highest BCUT2D eigenvalue weighted by molar-refractivity contribution is 5.66. The molecule has 0 aliphatic carbocycles. The molecule has 2 aromatic heterocycles. The molecule has 0 atom stereocenters. The lowest BCUT2D eigenvalue weighted by atomic mass is 9.99. The van der Waals surface area contributed by atoms with Gasteiger partial charge in [0.25, 0.3) is 5.56 Å². The summed E-state index contributed by atoms with van der Waals surface area (Å²) in [4.78, 5) is 19.5. The maximum atomic E-state index is 12.5. The van der Waals surface area contributed by atoms with Crippen molar-refractivity contribution in [3.63, 3.8) is 0 Å². The second kappa shape index (κ2) is 6.12. The molecule has 0 fully saturated rings. The average molecular weight is 308 g/mol. The van der Waals surface area contributed by atoms with Crippen LogP contribution >= 0.6 is 0 Å². The van der Waals surface area contributed by atoms with Crippen molar-refractivity contribution >= 4 is 5.95 Å². The topological polar surface area (TPSA) is 76.7 Å². The minimum absolute atomic E-state index is 0.0836. The molecular formula is C18H20N4O. The molecular weight excluding hydrogens is 288 g/mol. The Morgan fingerprint density at radius 1 is 1.17 bits per heavy atom. The van der Waals surface area contributed by atoms with Crippen molar-refractivity contribution in [1.29, 1.82) is 0 Å². The smallest absolute Gasteiger partial charge is 0.256 e. The lowest BCUT2D eigenvalue weighted by Crippen LogP contribution is -2.15. The third-order valence-corrected chi connectivity index (χ3v) is 4.07. The van der Waals surface area contributed by atoms with Crippen LogP contribution in [-0.4, -0.2) is 14.5 Å². The van der Waals surface area contributed by atoms with Gasteiger partial charge in [0.2, 0.25) is 5.95 Å². The highest BCUT2D eigenvalue weighted by atomic mass is 16.1. The quantitative estimate of drug-likeness (QED) is 0.778. The Labute approximate surface area is 134 Å². The molecule has 0 radical (unpaired) electrons. The third kappa shape index (κ3) is 2.90. The minimum Gasteiger partial charge on any atom is -0.369 e. The third-order valence-electron chi connectivity index (χ3n) is 4.07. The van der Waals surface area contributed by atoms with Gasteiger partial charge in [-0.25, -0.2) is 4.98 Å². The zero-order chi connectivity index (χ0) is 16.4. The molecule has 0 spiro atoms. The summed E-state index contributed by atoms with van der Waals surface area (Å²) in [6.45, 7) is 4.53. The fourth-order valence-electron chi connectivity index (χ4n) is 2.77. The van der Waals surface area contributed by atoms with Crippen LogP contribution in [0.3, 0.4) is 0 Å². The first-order valence-electron chi connectivity index (χ1n) is 7.68. The standard InChI is InChI=1S/C18H20N4O/c1-3-13-6-4-5-7-15(13)16-9-8-14(21-17(16)23)11-22-12(2)10-20-18(22)19/h4-10H,3,11H2,1-2H3,(H2,19,20)(H,21,23). The van der Waals surface area contributed by atoms with Crippen molar-refractivity contribution in [2.45, 2.75) is 26.8 Å². The number of nitrogens with two attached hydrogens (primary N) is 1. The molecule has 0 unspecified atom stereocenters. The van der Waals surface area contributed by atoms with Crippen LogP contribution in [0.25, 0.3) is 11.1 Å². The van der Waals surface area contributed by atoms with Crippen LogP contribution in [-0.2, 0) is 13.0 Å². The first kappa shape index (κ1) is 15.1. The second-order valence-electron chi connectivity index (χ2n) is 5.58. The minimum atomic E-state index is -0.0836. The Balaban J connectivity index is 1.97. The van der Waals surface area contributed by atoms with Crippen molar-refractivity contribution in [3.05, 3.63) is 69.9 Å². The Morgan fingerprint density at radius 3 is 2.61 bits per heavy atom. The van der Waals surface area contributed by atoms with E-state index in [-0.39, 0.29) is 5.56 Å². The van der Waals surface area contributed by atoms with Crippen molar-refractivity contribution < 1.29 is 0 Å². The average Bonchev–Trinajstić information content (AvgIpc) is 2.87. The van der Waals surface area contributed by atoms with E-state index in [1.165, 1.54) is 5.56 Å². The molecule has 2 heterocycles. The monoisotopic (exact) mass is 308 g/mol. The number of nitrogens with one attached hydrogen (secondary N) is 1. The number of nitrogens with zero attached hydrogens (tertiary/aromatic N) is 2. The normalized spacial score (nSPS) is 10.9. The molecule has 0 amide bonds. The SMILES string of the molecule is CCc1ccccc1-c1ccc(Cn2c(C)cnc2N)[nH]c1=O. The molecule has 0 saturated carbocycles. The van der Waals surface area contributed by atoms with Crippen LogP contribution < -0.4 is 11.3 Å². The fraction of sp³-hybridized carbons (Fsp3) is 0.222. The van der Waals surface area contributed by atoms with E-state index in [1.807, 2.05) is 41.8 Å². The number of nitrogen functional groups attached to an aromatic ring is 1. The molecule has 5 heteroatoms. The van der Waals surface area contributed by atoms with Gasteiger partial charge in [-0.2, -0.15) is 0 Å². The summed E-state index contributed by atoms with van der Waals surface area (Å²) in [6, 6.07) is 11.8. The van der Waals surface area contributed by atoms with Gasteiger partial charge in [0, 0.05) is 17.0 Å². The van der Waals surface area contributed by atoms with Gasteiger partial charge >= 0.3 is 0 Å². The Morgan fingerprint density at radius 2 is 1.96 bits per heavy atom. The van der Waals surface area contributed by atoms with Gasteiger partial charge in [0.15, 0.2) is 0 Å². The first-order valence-corrected chi connectivity index (χ1v) is 7.68. The van der Waals surface area contributed by atoms with Crippen LogP contribution in [0.1, 0.15) is 23.9 Å². The zero-order valence-corrected chi connectivity index (χ0v) is 13.3. The number of anilines is 1. The number of hydrogen-bond acceptors (Lipinski definition) is 3. The molecule has 0 aliphatic rings. The summed E-state index contributed by atoms with van der Waals surface area (Å²) in [6.07, 6.45) is 2.61. The molecule has 0 aliphatic heterocycles. The summed E-state index contributed by atoms with van der Waals surface area (Å²) in [5, 5.41) is 0. The van der Waals surface area contributed by atoms with E-state index in [0.29, 0.717) is 18.1 Å². The van der Waals surface area contributed by atoms with Gasteiger partial charge in [-0.3, -0.25) is 4.79 Å². The fourth-order valence-corrected chi connectivity index (χ4v) is 2.77. The van der Waals surface area contributed by atoms with Gasteiger partial charge in [0.05, 0.1) is 12.7 Å². The predicted octanol–water partition coefficient (Wildman–Crippen LogP) is 2.74. The number of aromatic amines is 1. The van der Waals surface area contributed by atoms with E-state index in [2.05, 4.69) is 23.0 Å². The van der Waals surface area contributed by atoms with E-state index in [9.17, 15) is 4.79 Å². The number of rotatable bonds is 4. The Hall–Kier alpha value is -2.82. The Bertz CT molecular complexity index is 873. The summed E-state index contributed by atoms with van der Waals surface area (Å²) in [5.74, 6) is 0.448. The van der Waals surface area contributed by atoms with Crippen LogP contribution in [0.2, 0.25) is 0 Å². The number of aryl methyl sites for hydroxylation is 2. The van der Waals surface area contributed by atoms with E-state index in [4.69, 9.17) is 5.73 Å².